The molecule has 4 heteroatoms. The highest BCUT2D eigenvalue weighted by atomic mass is 16.5. The van der Waals surface area contributed by atoms with Crippen LogP contribution in [0.5, 0.6) is 17.2 Å². The Morgan fingerprint density at radius 1 is 0.778 bits per heavy atom. The first-order valence-electron chi connectivity index (χ1n) is 14.0. The van der Waals surface area contributed by atoms with Crippen LogP contribution in [0.3, 0.4) is 0 Å². The van der Waals surface area contributed by atoms with Gasteiger partial charge in [-0.1, -0.05) is 83.8 Å². The Morgan fingerprint density at radius 2 is 1.33 bits per heavy atom. The van der Waals surface area contributed by atoms with Gasteiger partial charge in [0.1, 0.15) is 23.9 Å². The normalized spacial score (nSPS) is 17.4. The van der Waals surface area contributed by atoms with Crippen molar-refractivity contribution in [3.05, 3.63) is 66.7 Å². The summed E-state index contributed by atoms with van der Waals surface area (Å²) in [5.74, 6) is 3.45. The van der Waals surface area contributed by atoms with Crippen LogP contribution < -0.4 is 14.2 Å². The van der Waals surface area contributed by atoms with Gasteiger partial charge in [-0.25, -0.2) is 4.79 Å². The van der Waals surface area contributed by atoms with Crippen LogP contribution >= 0.6 is 0 Å². The van der Waals surface area contributed by atoms with Crippen molar-refractivity contribution >= 4 is 5.97 Å². The van der Waals surface area contributed by atoms with Crippen molar-refractivity contribution in [2.24, 2.45) is 11.8 Å². The summed E-state index contributed by atoms with van der Waals surface area (Å²) in [5.41, 5.74) is 0.474. The minimum Gasteiger partial charge on any atom is -0.494 e. The van der Waals surface area contributed by atoms with Gasteiger partial charge in [-0.15, -0.1) is 0 Å². The summed E-state index contributed by atoms with van der Waals surface area (Å²) in [4.78, 5) is 12.4. The number of carbonyl (C=O) groups is 1. The molecule has 1 aliphatic rings. The topological polar surface area (TPSA) is 44.8 Å². The molecule has 3 rings (SSSR count). The molecule has 0 radical (unpaired) electrons. The second kappa shape index (κ2) is 16.1. The Labute approximate surface area is 218 Å². The largest absolute Gasteiger partial charge is 0.494 e. The lowest BCUT2D eigenvalue weighted by Gasteiger charge is -2.28. The van der Waals surface area contributed by atoms with Gasteiger partial charge in [-0.2, -0.15) is 0 Å². The SMILES string of the molecule is C=CCOc1ccc(C(=O)Oc2ccc(OCCCC3CCC(CCCCCCC)CC3)cc2)cc1. The number of hydrogen-bond donors (Lipinski definition) is 0. The van der Waals surface area contributed by atoms with Crippen LogP contribution in [-0.4, -0.2) is 19.2 Å². The molecule has 0 unspecified atom stereocenters. The molecule has 36 heavy (non-hydrogen) atoms. The van der Waals surface area contributed by atoms with Gasteiger partial charge in [0.25, 0.3) is 0 Å². The Morgan fingerprint density at radius 3 is 1.97 bits per heavy atom. The molecule has 2 aromatic carbocycles. The number of esters is 1. The molecule has 0 aliphatic heterocycles. The molecule has 0 atom stereocenters. The highest BCUT2D eigenvalue weighted by molar-refractivity contribution is 5.91. The number of carbonyl (C=O) groups excluding carboxylic acids is 1. The summed E-state index contributed by atoms with van der Waals surface area (Å²) >= 11 is 0. The Balaban J connectivity index is 1.28. The van der Waals surface area contributed by atoms with Crippen molar-refractivity contribution < 1.29 is 19.0 Å². The average molecular weight is 493 g/mol. The lowest BCUT2D eigenvalue weighted by atomic mass is 9.78. The fraction of sp³-hybridized carbons (Fsp3) is 0.531. The van der Waals surface area contributed by atoms with Gasteiger partial charge in [0.05, 0.1) is 12.2 Å². The average Bonchev–Trinajstić information content (AvgIpc) is 2.91. The monoisotopic (exact) mass is 492 g/mol. The molecule has 1 saturated carbocycles. The van der Waals surface area contributed by atoms with Crippen molar-refractivity contribution in [2.45, 2.75) is 84.0 Å². The summed E-state index contributed by atoms with van der Waals surface area (Å²) < 4.78 is 16.9. The first-order valence-corrected chi connectivity index (χ1v) is 14.0. The zero-order valence-electron chi connectivity index (χ0n) is 22.1. The van der Waals surface area contributed by atoms with Crippen LogP contribution in [0.4, 0.5) is 0 Å². The lowest BCUT2D eigenvalue weighted by Crippen LogP contribution is -2.15. The molecular formula is C32H44O4. The number of benzene rings is 2. The van der Waals surface area contributed by atoms with Crippen LogP contribution in [0.15, 0.2) is 61.2 Å². The Hall–Kier alpha value is -2.75. The Kier molecular flexibility index (Phi) is 12.4. The van der Waals surface area contributed by atoms with Crippen LogP contribution in [-0.2, 0) is 0 Å². The van der Waals surface area contributed by atoms with E-state index in [1.54, 1.807) is 42.5 Å². The van der Waals surface area contributed by atoms with Crippen molar-refractivity contribution in [1.82, 2.24) is 0 Å². The van der Waals surface area contributed by atoms with Crippen molar-refractivity contribution in [1.29, 1.82) is 0 Å². The second-order valence-corrected chi connectivity index (χ2v) is 10.1. The maximum absolute atomic E-state index is 12.4. The Bertz CT molecular complexity index is 879. The molecule has 1 fully saturated rings. The third kappa shape index (κ3) is 10.1. The molecule has 196 valence electrons. The van der Waals surface area contributed by atoms with E-state index in [-0.39, 0.29) is 0 Å². The predicted octanol–water partition coefficient (Wildman–Crippen LogP) is 8.80. The van der Waals surface area contributed by atoms with E-state index in [9.17, 15) is 4.79 Å². The van der Waals surface area contributed by atoms with Gasteiger partial charge in [-0.3, -0.25) is 0 Å². The fourth-order valence-corrected chi connectivity index (χ4v) is 5.02. The van der Waals surface area contributed by atoms with E-state index < -0.39 is 5.97 Å². The van der Waals surface area contributed by atoms with E-state index in [4.69, 9.17) is 14.2 Å². The van der Waals surface area contributed by atoms with Crippen molar-refractivity contribution in [3.63, 3.8) is 0 Å². The standard InChI is InChI=1S/C32H44O4/c1-3-5-6-7-8-10-26-12-14-27(15-13-26)11-9-25-35-30-20-22-31(23-21-30)36-32(33)28-16-18-29(19-17-28)34-24-4-2/h4,16-23,26-27H,2-3,5-15,24-25H2,1H3. The summed E-state index contributed by atoms with van der Waals surface area (Å²) in [5, 5.41) is 0. The van der Waals surface area contributed by atoms with Gasteiger partial charge in [-0.05, 0) is 73.2 Å². The molecule has 4 nitrogen and oxygen atoms in total. The molecule has 0 aromatic heterocycles. The van der Waals surface area contributed by atoms with Gasteiger partial charge >= 0.3 is 5.97 Å². The predicted molar refractivity (Wildman–Crippen MR) is 147 cm³/mol. The summed E-state index contributed by atoms with van der Waals surface area (Å²) in [6.07, 6.45) is 18.1. The molecule has 0 bridgehead atoms. The molecule has 0 amide bonds. The highest BCUT2D eigenvalue weighted by Crippen LogP contribution is 2.34. The van der Waals surface area contributed by atoms with Crippen molar-refractivity contribution in [2.75, 3.05) is 13.2 Å². The minimum atomic E-state index is -0.398. The first kappa shape index (κ1) is 27.8. The highest BCUT2D eigenvalue weighted by Gasteiger charge is 2.20. The summed E-state index contributed by atoms with van der Waals surface area (Å²) in [6.45, 7) is 7.07. The van der Waals surface area contributed by atoms with E-state index >= 15 is 0 Å². The lowest BCUT2D eigenvalue weighted by molar-refractivity contribution is 0.0734. The quantitative estimate of drug-likeness (QED) is 0.102. The molecular weight excluding hydrogens is 448 g/mol. The van der Waals surface area contributed by atoms with Gasteiger partial charge in [0.15, 0.2) is 0 Å². The fourth-order valence-electron chi connectivity index (χ4n) is 5.02. The molecule has 0 heterocycles. The number of hydrogen-bond acceptors (Lipinski definition) is 4. The van der Waals surface area contributed by atoms with Gasteiger partial charge in [0.2, 0.25) is 0 Å². The zero-order valence-corrected chi connectivity index (χ0v) is 22.1. The third-order valence-corrected chi connectivity index (χ3v) is 7.20. The number of rotatable bonds is 16. The van der Waals surface area contributed by atoms with E-state index in [1.807, 2.05) is 12.1 Å². The number of unbranched alkanes of at least 4 members (excludes halogenated alkanes) is 4. The maximum atomic E-state index is 12.4. The maximum Gasteiger partial charge on any atom is 0.343 e. The van der Waals surface area contributed by atoms with Crippen LogP contribution in [0, 0.1) is 11.8 Å². The number of ether oxygens (including phenoxy) is 3. The second-order valence-electron chi connectivity index (χ2n) is 10.1. The molecule has 2 aromatic rings. The van der Waals surface area contributed by atoms with Crippen LogP contribution in [0.25, 0.3) is 0 Å². The molecule has 0 N–H and O–H groups in total. The molecule has 0 spiro atoms. The zero-order chi connectivity index (χ0) is 25.4. The first-order chi connectivity index (χ1) is 17.7. The third-order valence-electron chi connectivity index (χ3n) is 7.20. The van der Waals surface area contributed by atoms with E-state index in [2.05, 4.69) is 13.5 Å². The van der Waals surface area contributed by atoms with Gasteiger partial charge < -0.3 is 14.2 Å². The van der Waals surface area contributed by atoms with Gasteiger partial charge in [0, 0.05) is 0 Å². The van der Waals surface area contributed by atoms with E-state index in [1.165, 1.54) is 70.6 Å². The van der Waals surface area contributed by atoms with E-state index in [0.29, 0.717) is 23.7 Å². The minimum absolute atomic E-state index is 0.398. The van der Waals surface area contributed by atoms with E-state index in [0.717, 1.165) is 30.6 Å². The molecule has 0 saturated heterocycles. The van der Waals surface area contributed by atoms with Crippen molar-refractivity contribution in [3.8, 4) is 17.2 Å². The smallest absolute Gasteiger partial charge is 0.343 e. The van der Waals surface area contributed by atoms with Crippen LogP contribution in [0.1, 0.15) is 94.3 Å². The summed E-state index contributed by atoms with van der Waals surface area (Å²) in [6, 6.07) is 14.2. The van der Waals surface area contributed by atoms with Crippen LogP contribution in [0.2, 0.25) is 0 Å². The molecule has 1 aliphatic carbocycles. The summed E-state index contributed by atoms with van der Waals surface area (Å²) in [7, 11) is 0.